The number of nitrogens with two attached hydrogens (primary N) is 1. The molecule has 0 fully saturated rings. The summed E-state index contributed by atoms with van der Waals surface area (Å²) >= 11 is 0. The maximum Gasteiger partial charge on any atom is 0.126 e. The Balaban J connectivity index is 2.05. The highest BCUT2D eigenvalue weighted by atomic mass is 15.3. The number of rotatable bonds is 4. The van der Waals surface area contributed by atoms with Crippen LogP contribution in [-0.4, -0.2) is 26.7 Å². The molecular formula is C13H19N5. The molecule has 0 saturated carbocycles. The first kappa shape index (κ1) is 12.6. The highest BCUT2D eigenvalue weighted by Gasteiger charge is 2.12. The van der Waals surface area contributed by atoms with Crippen molar-refractivity contribution < 1.29 is 0 Å². The van der Waals surface area contributed by atoms with Gasteiger partial charge in [-0.05, 0) is 26.1 Å². The second-order valence-corrected chi connectivity index (χ2v) is 4.57. The molecule has 2 rings (SSSR count). The lowest BCUT2D eigenvalue weighted by Gasteiger charge is -2.16. The van der Waals surface area contributed by atoms with Crippen molar-refractivity contribution in [1.29, 1.82) is 0 Å². The second kappa shape index (κ2) is 5.18. The molecule has 2 heterocycles. The average molecular weight is 245 g/mol. The van der Waals surface area contributed by atoms with Gasteiger partial charge in [0.1, 0.15) is 5.82 Å². The second-order valence-electron chi connectivity index (χ2n) is 4.57. The summed E-state index contributed by atoms with van der Waals surface area (Å²) < 4.78 is 1.72. The van der Waals surface area contributed by atoms with Crippen molar-refractivity contribution in [2.45, 2.75) is 20.0 Å². The van der Waals surface area contributed by atoms with Crippen molar-refractivity contribution in [2.75, 3.05) is 12.8 Å². The zero-order valence-corrected chi connectivity index (χ0v) is 11.1. The Bertz CT molecular complexity index is 518. The van der Waals surface area contributed by atoms with Crippen LogP contribution < -0.4 is 5.73 Å². The van der Waals surface area contributed by atoms with Crippen LogP contribution >= 0.6 is 0 Å². The summed E-state index contributed by atoms with van der Waals surface area (Å²) in [6.45, 7) is 3.57. The fraction of sp³-hybridized carbons (Fsp3) is 0.385. The molecule has 0 bridgehead atoms. The van der Waals surface area contributed by atoms with Crippen molar-refractivity contribution in [3.8, 4) is 0 Å². The van der Waals surface area contributed by atoms with Crippen molar-refractivity contribution in [3.63, 3.8) is 0 Å². The normalized spacial score (nSPS) is 11.1. The van der Waals surface area contributed by atoms with Crippen LogP contribution in [0.15, 0.2) is 24.4 Å². The van der Waals surface area contributed by atoms with E-state index in [0.717, 1.165) is 35.9 Å². The summed E-state index contributed by atoms with van der Waals surface area (Å²) in [6, 6.07) is 5.95. The third-order valence-electron chi connectivity index (χ3n) is 2.98. The van der Waals surface area contributed by atoms with Crippen LogP contribution in [0.5, 0.6) is 0 Å². The van der Waals surface area contributed by atoms with Gasteiger partial charge in [-0.1, -0.05) is 6.07 Å². The van der Waals surface area contributed by atoms with Crippen LogP contribution in [-0.2, 0) is 20.1 Å². The maximum absolute atomic E-state index is 6.00. The van der Waals surface area contributed by atoms with Gasteiger partial charge >= 0.3 is 0 Å². The van der Waals surface area contributed by atoms with Gasteiger partial charge in [-0.3, -0.25) is 14.6 Å². The fourth-order valence-corrected chi connectivity index (χ4v) is 2.01. The Kier molecular flexibility index (Phi) is 3.62. The molecule has 5 nitrogen and oxygen atoms in total. The largest absolute Gasteiger partial charge is 0.384 e. The molecule has 0 aromatic carbocycles. The predicted molar refractivity (Wildman–Crippen MR) is 71.8 cm³/mol. The molecule has 96 valence electrons. The molecule has 0 aliphatic carbocycles. The summed E-state index contributed by atoms with van der Waals surface area (Å²) in [4.78, 5) is 6.50. The number of anilines is 1. The third kappa shape index (κ3) is 2.68. The predicted octanol–water partition coefficient (Wildman–Crippen LogP) is 1.34. The summed E-state index contributed by atoms with van der Waals surface area (Å²) in [5.74, 6) is 0.736. The van der Waals surface area contributed by atoms with Crippen LogP contribution in [0.2, 0.25) is 0 Å². The van der Waals surface area contributed by atoms with E-state index in [1.54, 1.807) is 4.68 Å². The van der Waals surface area contributed by atoms with Gasteiger partial charge < -0.3 is 5.73 Å². The van der Waals surface area contributed by atoms with Crippen LogP contribution in [0.25, 0.3) is 0 Å². The minimum absolute atomic E-state index is 0.736. The van der Waals surface area contributed by atoms with Gasteiger partial charge in [0.05, 0.1) is 11.4 Å². The average Bonchev–Trinajstić information content (AvgIpc) is 2.57. The van der Waals surface area contributed by atoms with Gasteiger partial charge in [0.15, 0.2) is 0 Å². The first-order chi connectivity index (χ1) is 8.58. The van der Waals surface area contributed by atoms with E-state index >= 15 is 0 Å². The number of pyridine rings is 1. The quantitative estimate of drug-likeness (QED) is 0.883. The van der Waals surface area contributed by atoms with Gasteiger partial charge in [0, 0.05) is 31.9 Å². The molecule has 0 unspecified atom stereocenters. The first-order valence-corrected chi connectivity index (χ1v) is 5.94. The van der Waals surface area contributed by atoms with Crippen molar-refractivity contribution in [2.24, 2.45) is 7.05 Å². The molecule has 0 spiro atoms. The lowest BCUT2D eigenvalue weighted by atomic mass is 10.2. The summed E-state index contributed by atoms with van der Waals surface area (Å²) in [5, 5.41) is 4.32. The van der Waals surface area contributed by atoms with Gasteiger partial charge in [0.25, 0.3) is 0 Å². The molecule has 0 saturated heterocycles. The fourth-order valence-electron chi connectivity index (χ4n) is 2.01. The van der Waals surface area contributed by atoms with Crippen molar-refractivity contribution >= 4 is 5.82 Å². The van der Waals surface area contributed by atoms with E-state index in [0.29, 0.717) is 0 Å². The molecule has 5 heteroatoms. The van der Waals surface area contributed by atoms with E-state index in [9.17, 15) is 0 Å². The molecule has 0 radical (unpaired) electrons. The molecule has 2 aromatic heterocycles. The number of aromatic nitrogens is 3. The summed E-state index contributed by atoms with van der Waals surface area (Å²) in [6.07, 6.45) is 1.81. The van der Waals surface area contributed by atoms with E-state index in [1.807, 2.05) is 38.4 Å². The monoisotopic (exact) mass is 245 g/mol. The molecule has 0 aliphatic heterocycles. The Hall–Kier alpha value is -1.88. The summed E-state index contributed by atoms with van der Waals surface area (Å²) in [5.41, 5.74) is 9.14. The zero-order valence-electron chi connectivity index (χ0n) is 11.1. The van der Waals surface area contributed by atoms with E-state index in [1.165, 1.54) is 0 Å². The summed E-state index contributed by atoms with van der Waals surface area (Å²) in [7, 11) is 3.92. The number of nitrogens with zero attached hydrogens (tertiary/aromatic N) is 4. The highest BCUT2D eigenvalue weighted by Crippen LogP contribution is 2.17. The Morgan fingerprint density at radius 1 is 1.33 bits per heavy atom. The van der Waals surface area contributed by atoms with E-state index in [4.69, 9.17) is 5.73 Å². The van der Waals surface area contributed by atoms with E-state index in [-0.39, 0.29) is 0 Å². The molecule has 2 aromatic rings. The number of hydrogen-bond donors (Lipinski definition) is 1. The first-order valence-electron chi connectivity index (χ1n) is 5.94. The molecule has 2 N–H and O–H groups in total. The topological polar surface area (TPSA) is 60.0 Å². The van der Waals surface area contributed by atoms with E-state index in [2.05, 4.69) is 22.0 Å². The Morgan fingerprint density at radius 2 is 2.11 bits per heavy atom. The van der Waals surface area contributed by atoms with Gasteiger partial charge in [-0.15, -0.1) is 0 Å². The highest BCUT2D eigenvalue weighted by molar-refractivity contribution is 5.42. The molecule has 0 aliphatic rings. The van der Waals surface area contributed by atoms with Gasteiger partial charge in [-0.2, -0.15) is 5.10 Å². The minimum atomic E-state index is 0.736. The minimum Gasteiger partial charge on any atom is -0.384 e. The molecular weight excluding hydrogens is 226 g/mol. The van der Waals surface area contributed by atoms with Crippen molar-refractivity contribution in [3.05, 3.63) is 41.3 Å². The lowest BCUT2D eigenvalue weighted by Crippen LogP contribution is -2.19. The molecule has 0 amide bonds. The number of aryl methyl sites for hydroxylation is 2. The van der Waals surface area contributed by atoms with Crippen LogP contribution in [0.4, 0.5) is 5.82 Å². The molecule has 18 heavy (non-hydrogen) atoms. The van der Waals surface area contributed by atoms with Crippen molar-refractivity contribution in [1.82, 2.24) is 19.7 Å². The number of nitrogen functional groups attached to an aromatic ring is 1. The lowest BCUT2D eigenvalue weighted by molar-refractivity contribution is 0.315. The SMILES string of the molecule is Cc1nn(C)c(N)c1CN(C)Cc1ccccn1. The Labute approximate surface area is 107 Å². The number of hydrogen-bond acceptors (Lipinski definition) is 4. The zero-order chi connectivity index (χ0) is 13.1. The third-order valence-corrected chi connectivity index (χ3v) is 2.98. The molecule has 0 atom stereocenters. The van der Waals surface area contributed by atoms with Gasteiger partial charge in [0.2, 0.25) is 0 Å². The van der Waals surface area contributed by atoms with E-state index < -0.39 is 0 Å². The van der Waals surface area contributed by atoms with Crippen LogP contribution in [0, 0.1) is 6.92 Å². The van der Waals surface area contributed by atoms with Crippen LogP contribution in [0.1, 0.15) is 17.0 Å². The standard InChI is InChI=1S/C13H19N5/c1-10-12(13(14)18(3)16-10)9-17(2)8-11-6-4-5-7-15-11/h4-7H,8-9,14H2,1-3H3. The van der Waals surface area contributed by atoms with Crippen LogP contribution in [0.3, 0.4) is 0 Å². The maximum atomic E-state index is 6.00. The smallest absolute Gasteiger partial charge is 0.126 e. The van der Waals surface area contributed by atoms with Gasteiger partial charge in [-0.25, -0.2) is 0 Å². The Morgan fingerprint density at radius 3 is 2.67 bits per heavy atom.